The molecule has 17 heavy (non-hydrogen) atoms. The van der Waals surface area contributed by atoms with Gasteiger partial charge in [0.25, 0.3) is 0 Å². The Morgan fingerprint density at radius 3 is 2.59 bits per heavy atom. The van der Waals surface area contributed by atoms with E-state index in [-0.39, 0.29) is 11.3 Å². The van der Waals surface area contributed by atoms with Crippen molar-refractivity contribution in [1.29, 1.82) is 0 Å². The molecule has 0 aromatic heterocycles. The van der Waals surface area contributed by atoms with Crippen LogP contribution in [0.2, 0.25) is 5.02 Å². The van der Waals surface area contributed by atoms with E-state index in [2.05, 4.69) is 5.32 Å². The Bertz CT molecular complexity index is 398. The number of benzene rings is 1. The topological polar surface area (TPSA) is 38.3 Å². The van der Waals surface area contributed by atoms with Gasteiger partial charge in [0.05, 0.1) is 12.0 Å². The molecule has 3 nitrogen and oxygen atoms in total. The third-order valence-electron chi connectivity index (χ3n) is 3.17. The zero-order valence-electron chi connectivity index (χ0n) is 9.83. The van der Waals surface area contributed by atoms with Crippen molar-refractivity contribution in [2.24, 2.45) is 0 Å². The highest BCUT2D eigenvalue weighted by Crippen LogP contribution is 2.48. The van der Waals surface area contributed by atoms with E-state index in [0.29, 0.717) is 18.2 Å². The van der Waals surface area contributed by atoms with Crippen LogP contribution in [0.15, 0.2) is 24.3 Å². The number of amides is 1. The van der Waals surface area contributed by atoms with Crippen LogP contribution in [0.1, 0.15) is 18.4 Å². The Hall–Kier alpha value is -1.06. The fourth-order valence-electron chi connectivity index (χ4n) is 1.98. The molecule has 4 heteroatoms. The average Bonchev–Trinajstić information content (AvgIpc) is 3.11. The van der Waals surface area contributed by atoms with Crippen LogP contribution in [-0.2, 0) is 14.9 Å². The lowest BCUT2D eigenvalue weighted by atomic mass is 9.95. The fraction of sp³-hybridized carbons (Fsp3) is 0.462. The van der Waals surface area contributed by atoms with E-state index in [1.54, 1.807) is 7.11 Å². The van der Waals surface area contributed by atoms with Crippen LogP contribution in [0.5, 0.6) is 0 Å². The van der Waals surface area contributed by atoms with Crippen molar-refractivity contribution in [2.75, 3.05) is 20.3 Å². The van der Waals surface area contributed by atoms with Gasteiger partial charge in [-0.15, -0.1) is 0 Å². The monoisotopic (exact) mass is 253 g/mol. The molecule has 0 spiro atoms. The van der Waals surface area contributed by atoms with Crippen molar-refractivity contribution in [3.8, 4) is 0 Å². The first-order valence-corrected chi connectivity index (χ1v) is 6.10. The first-order valence-electron chi connectivity index (χ1n) is 5.72. The molecule has 0 saturated heterocycles. The smallest absolute Gasteiger partial charge is 0.230 e. The van der Waals surface area contributed by atoms with Gasteiger partial charge in [-0.1, -0.05) is 23.7 Å². The molecule has 1 N–H and O–H groups in total. The number of hydrogen-bond acceptors (Lipinski definition) is 2. The molecule has 0 aliphatic heterocycles. The summed E-state index contributed by atoms with van der Waals surface area (Å²) < 4.78 is 4.91. The zero-order chi connectivity index (χ0) is 12.3. The summed E-state index contributed by atoms with van der Waals surface area (Å²) in [5, 5.41) is 3.60. The highest BCUT2D eigenvalue weighted by Gasteiger charge is 2.50. The highest BCUT2D eigenvalue weighted by atomic mass is 35.5. The van der Waals surface area contributed by atoms with E-state index in [1.807, 2.05) is 24.3 Å². The lowest BCUT2D eigenvalue weighted by Gasteiger charge is -2.15. The summed E-state index contributed by atoms with van der Waals surface area (Å²) in [4.78, 5) is 12.1. The minimum absolute atomic E-state index is 0.0943. The van der Waals surface area contributed by atoms with E-state index in [9.17, 15) is 4.79 Å². The summed E-state index contributed by atoms with van der Waals surface area (Å²) in [7, 11) is 1.62. The Morgan fingerprint density at radius 1 is 1.41 bits per heavy atom. The predicted molar refractivity (Wildman–Crippen MR) is 67.2 cm³/mol. The van der Waals surface area contributed by atoms with Gasteiger partial charge in [0.15, 0.2) is 0 Å². The van der Waals surface area contributed by atoms with Gasteiger partial charge < -0.3 is 10.1 Å². The normalized spacial score (nSPS) is 16.6. The average molecular weight is 254 g/mol. The quantitative estimate of drug-likeness (QED) is 0.817. The lowest BCUT2D eigenvalue weighted by Crippen LogP contribution is -2.36. The van der Waals surface area contributed by atoms with Crippen molar-refractivity contribution in [3.63, 3.8) is 0 Å². The zero-order valence-corrected chi connectivity index (χ0v) is 10.6. The van der Waals surface area contributed by atoms with Gasteiger partial charge in [0.2, 0.25) is 5.91 Å². The van der Waals surface area contributed by atoms with Gasteiger partial charge in [-0.05, 0) is 30.5 Å². The van der Waals surface area contributed by atoms with Gasteiger partial charge in [-0.3, -0.25) is 4.79 Å². The number of halogens is 1. The maximum atomic E-state index is 12.1. The number of ether oxygens (including phenoxy) is 1. The minimum Gasteiger partial charge on any atom is -0.383 e. The molecule has 1 aromatic rings. The van der Waals surface area contributed by atoms with Crippen LogP contribution >= 0.6 is 11.6 Å². The number of carbonyl (C=O) groups excluding carboxylic acids is 1. The summed E-state index contributed by atoms with van der Waals surface area (Å²) in [5.41, 5.74) is 0.732. The molecular formula is C13H16ClNO2. The Labute approximate surface area is 106 Å². The largest absolute Gasteiger partial charge is 0.383 e. The predicted octanol–water partition coefficient (Wildman–Crippen LogP) is 2.13. The molecule has 0 atom stereocenters. The molecule has 1 aromatic carbocycles. The minimum atomic E-state index is -0.321. The third kappa shape index (κ3) is 2.61. The lowest BCUT2D eigenvalue weighted by molar-refractivity contribution is -0.123. The van der Waals surface area contributed by atoms with E-state index in [0.717, 1.165) is 18.4 Å². The van der Waals surface area contributed by atoms with Gasteiger partial charge in [0.1, 0.15) is 0 Å². The van der Waals surface area contributed by atoms with Crippen molar-refractivity contribution < 1.29 is 9.53 Å². The first-order chi connectivity index (χ1) is 8.19. The van der Waals surface area contributed by atoms with E-state index in [1.165, 1.54) is 0 Å². The molecule has 92 valence electrons. The highest BCUT2D eigenvalue weighted by molar-refractivity contribution is 6.30. The molecule has 1 aliphatic carbocycles. The number of hydrogen-bond donors (Lipinski definition) is 1. The van der Waals surface area contributed by atoms with Crippen LogP contribution < -0.4 is 5.32 Å². The molecule has 1 aliphatic rings. The number of nitrogens with one attached hydrogen (secondary N) is 1. The summed E-state index contributed by atoms with van der Waals surface area (Å²) in [5.74, 6) is 0.0943. The van der Waals surface area contributed by atoms with Crippen molar-refractivity contribution in [1.82, 2.24) is 5.32 Å². The van der Waals surface area contributed by atoms with Crippen LogP contribution in [0.4, 0.5) is 0 Å². The molecule has 0 radical (unpaired) electrons. The van der Waals surface area contributed by atoms with E-state index < -0.39 is 0 Å². The first kappa shape index (κ1) is 12.4. The van der Waals surface area contributed by atoms with Gasteiger partial charge in [-0.25, -0.2) is 0 Å². The maximum Gasteiger partial charge on any atom is 0.230 e. The molecule has 1 fully saturated rings. The fourth-order valence-corrected chi connectivity index (χ4v) is 2.10. The molecule has 1 saturated carbocycles. The third-order valence-corrected chi connectivity index (χ3v) is 3.43. The van der Waals surface area contributed by atoms with Gasteiger partial charge in [-0.2, -0.15) is 0 Å². The van der Waals surface area contributed by atoms with Crippen molar-refractivity contribution >= 4 is 17.5 Å². The maximum absolute atomic E-state index is 12.1. The Kier molecular flexibility index (Phi) is 3.69. The second kappa shape index (κ2) is 5.07. The van der Waals surface area contributed by atoms with E-state index in [4.69, 9.17) is 16.3 Å². The molecular weight excluding hydrogens is 238 g/mol. The molecule has 2 rings (SSSR count). The second-order valence-corrected chi connectivity index (χ2v) is 4.77. The van der Waals surface area contributed by atoms with Gasteiger partial charge in [0, 0.05) is 18.7 Å². The summed E-state index contributed by atoms with van der Waals surface area (Å²) in [6.07, 6.45) is 1.82. The molecule has 0 heterocycles. The van der Waals surface area contributed by atoms with Crippen LogP contribution in [0.25, 0.3) is 0 Å². The Morgan fingerprint density at radius 2 is 2.06 bits per heavy atom. The summed E-state index contributed by atoms with van der Waals surface area (Å²) in [6, 6.07) is 7.54. The molecule has 0 bridgehead atoms. The number of rotatable bonds is 5. The number of carbonyl (C=O) groups is 1. The molecule has 0 unspecified atom stereocenters. The van der Waals surface area contributed by atoms with Crippen molar-refractivity contribution in [3.05, 3.63) is 34.9 Å². The standard InChI is InChI=1S/C13H16ClNO2/c1-17-9-8-15-12(16)13(6-7-13)10-2-4-11(14)5-3-10/h2-5H,6-9H2,1H3,(H,15,16). The van der Waals surface area contributed by atoms with Crippen LogP contribution in [0, 0.1) is 0 Å². The SMILES string of the molecule is COCCNC(=O)C1(c2ccc(Cl)cc2)CC1. The summed E-state index contributed by atoms with van der Waals surface area (Å²) >= 11 is 5.85. The second-order valence-electron chi connectivity index (χ2n) is 4.34. The van der Waals surface area contributed by atoms with Crippen LogP contribution in [-0.4, -0.2) is 26.2 Å². The van der Waals surface area contributed by atoms with Crippen molar-refractivity contribution in [2.45, 2.75) is 18.3 Å². The Balaban J connectivity index is 2.03. The van der Waals surface area contributed by atoms with E-state index >= 15 is 0 Å². The number of methoxy groups -OCH3 is 1. The van der Waals surface area contributed by atoms with Crippen LogP contribution in [0.3, 0.4) is 0 Å². The summed E-state index contributed by atoms with van der Waals surface area (Å²) in [6.45, 7) is 1.10. The van der Waals surface area contributed by atoms with Gasteiger partial charge >= 0.3 is 0 Å². The molecule has 1 amide bonds.